The van der Waals surface area contributed by atoms with Crippen molar-refractivity contribution in [3.63, 3.8) is 0 Å². The van der Waals surface area contributed by atoms with Crippen molar-refractivity contribution in [2.75, 3.05) is 4.57 Å². The lowest BCUT2D eigenvalue weighted by atomic mass is 9.65. The fraction of sp³-hybridized carbons (Fsp3) is 0.0233. The minimum Gasteiger partial charge on any atom is -0.356 e. The van der Waals surface area contributed by atoms with Gasteiger partial charge in [-0.15, -0.1) is 0 Å². The molecular weight excluding hydrogens is 638 g/mol. The molecule has 0 N–H and O–H groups in total. The number of nitrogens with zero attached hydrogens (tertiary/aromatic N) is 1. The van der Waals surface area contributed by atoms with Gasteiger partial charge in [0.05, 0.1) is 10.9 Å². The van der Waals surface area contributed by atoms with Crippen LogP contribution in [0.2, 0.25) is 0 Å². The number of rotatable bonds is 4. The molecule has 0 unspecified atom stereocenters. The van der Waals surface area contributed by atoms with Gasteiger partial charge in [-0.25, -0.2) is 0 Å². The molecule has 2 aliphatic rings. The van der Waals surface area contributed by atoms with Crippen LogP contribution in [0.4, 0.5) is 11.4 Å². The Labute approximate surface area is 285 Å². The Morgan fingerprint density at radius 2 is 0.913 bits per heavy atom. The topological polar surface area (TPSA) is 3.24 Å². The molecule has 1 aliphatic heterocycles. The molecule has 1 spiro atoms. The lowest BCUT2D eigenvalue weighted by Gasteiger charge is -2.52. The molecule has 46 heavy (non-hydrogen) atoms. The van der Waals surface area contributed by atoms with Gasteiger partial charge < -0.3 is 4.57 Å². The SMILES string of the molecule is [2H]c1c([2H])c(Br)c([2H])c([Si](c2ccccc2)(c2ccccc2)N2c3ccccc3C3(c4ccccc4-c4ccccc43)c3ccccc32)c1[2H]. The second-order valence-corrected chi connectivity index (χ2v) is 16.2. The average molecular weight is 673 g/mol. The first-order valence-corrected chi connectivity index (χ1v) is 18.2. The van der Waals surface area contributed by atoms with Gasteiger partial charge in [0.15, 0.2) is 0 Å². The van der Waals surface area contributed by atoms with Crippen molar-refractivity contribution in [3.8, 4) is 11.1 Å². The Morgan fingerprint density at radius 1 is 0.478 bits per heavy atom. The van der Waals surface area contributed by atoms with E-state index in [9.17, 15) is 2.74 Å². The molecule has 0 saturated carbocycles. The normalized spacial score (nSPS) is 15.1. The van der Waals surface area contributed by atoms with Crippen LogP contribution in [0, 0.1) is 0 Å². The third-order valence-corrected chi connectivity index (χ3v) is 14.6. The van der Waals surface area contributed by atoms with Crippen molar-refractivity contribution in [2.45, 2.75) is 5.41 Å². The minimum absolute atomic E-state index is 0.0715. The smallest absolute Gasteiger partial charge is 0.257 e. The highest BCUT2D eigenvalue weighted by atomic mass is 79.9. The Kier molecular flexibility index (Phi) is 5.36. The van der Waals surface area contributed by atoms with E-state index in [1.165, 1.54) is 22.3 Å². The predicted octanol–water partition coefficient (Wildman–Crippen LogP) is 8.93. The summed E-state index contributed by atoms with van der Waals surface area (Å²) in [4.78, 5) is 0. The molecule has 1 heterocycles. The summed E-state index contributed by atoms with van der Waals surface area (Å²) in [5.74, 6) is 0. The van der Waals surface area contributed by atoms with Crippen LogP contribution in [0.25, 0.3) is 11.1 Å². The van der Waals surface area contributed by atoms with Crippen molar-refractivity contribution >= 4 is 51.1 Å². The van der Waals surface area contributed by atoms with Crippen molar-refractivity contribution in [1.82, 2.24) is 0 Å². The third kappa shape index (κ3) is 3.61. The summed E-state index contributed by atoms with van der Waals surface area (Å²) in [6.07, 6.45) is 0. The molecule has 9 rings (SSSR count). The molecule has 0 aromatic heterocycles. The van der Waals surface area contributed by atoms with E-state index in [4.69, 9.17) is 2.74 Å². The van der Waals surface area contributed by atoms with Gasteiger partial charge in [0, 0.05) is 15.8 Å². The van der Waals surface area contributed by atoms with E-state index in [0.29, 0.717) is 5.19 Å². The first-order chi connectivity index (χ1) is 24.4. The van der Waals surface area contributed by atoms with Crippen molar-refractivity contribution in [2.24, 2.45) is 0 Å². The molecule has 3 heteroatoms. The molecular formula is C43H30BrNSi. The zero-order valence-corrected chi connectivity index (χ0v) is 27.4. The molecule has 0 saturated heterocycles. The van der Waals surface area contributed by atoms with Crippen molar-refractivity contribution in [1.29, 1.82) is 0 Å². The highest BCUT2D eigenvalue weighted by Gasteiger charge is 2.56. The highest BCUT2D eigenvalue weighted by molar-refractivity contribution is 9.10. The van der Waals surface area contributed by atoms with E-state index in [0.717, 1.165) is 32.9 Å². The van der Waals surface area contributed by atoms with Gasteiger partial charge >= 0.3 is 0 Å². The molecule has 7 aromatic rings. The van der Waals surface area contributed by atoms with Gasteiger partial charge in [0.25, 0.3) is 8.24 Å². The first kappa shape index (κ1) is 23.4. The summed E-state index contributed by atoms with van der Waals surface area (Å²) in [5.41, 5.74) is 8.50. The zero-order chi connectivity index (χ0) is 34.2. The summed E-state index contributed by atoms with van der Waals surface area (Å²) in [5, 5.41) is 2.42. The molecule has 0 atom stereocenters. The molecule has 1 nitrogen and oxygen atoms in total. The fourth-order valence-electron chi connectivity index (χ4n) is 8.11. The maximum absolute atomic E-state index is 9.71. The van der Waals surface area contributed by atoms with E-state index in [-0.39, 0.29) is 28.6 Å². The van der Waals surface area contributed by atoms with Crippen LogP contribution in [0.5, 0.6) is 0 Å². The fourth-order valence-corrected chi connectivity index (χ4v) is 13.3. The summed E-state index contributed by atoms with van der Waals surface area (Å²) in [7, 11) is -3.73. The van der Waals surface area contributed by atoms with E-state index in [2.05, 4.69) is 142 Å². The molecule has 0 radical (unpaired) electrons. The number of anilines is 2. The van der Waals surface area contributed by atoms with Gasteiger partial charge in [-0.3, -0.25) is 0 Å². The first-order valence-electron chi connectivity index (χ1n) is 17.5. The van der Waals surface area contributed by atoms with Gasteiger partial charge in [-0.2, -0.15) is 0 Å². The number of benzene rings is 7. The molecule has 0 bridgehead atoms. The Morgan fingerprint density at radius 3 is 1.43 bits per heavy atom. The van der Waals surface area contributed by atoms with Crippen LogP contribution in [0.3, 0.4) is 0 Å². The summed E-state index contributed by atoms with van der Waals surface area (Å²) >= 11 is 3.55. The van der Waals surface area contributed by atoms with Crippen molar-refractivity contribution in [3.05, 3.63) is 209 Å². The molecule has 1 aliphatic carbocycles. The second-order valence-electron chi connectivity index (χ2n) is 11.8. The van der Waals surface area contributed by atoms with Gasteiger partial charge in [-0.05, 0) is 73.2 Å². The lowest BCUT2D eigenvalue weighted by molar-refractivity contribution is 0.755. The van der Waals surface area contributed by atoms with E-state index < -0.39 is 13.7 Å². The Hall–Kier alpha value is -4.96. The molecule has 0 amide bonds. The maximum Gasteiger partial charge on any atom is 0.257 e. The predicted molar refractivity (Wildman–Crippen MR) is 198 cm³/mol. The van der Waals surface area contributed by atoms with E-state index in [1.54, 1.807) is 0 Å². The van der Waals surface area contributed by atoms with Gasteiger partial charge in [-0.1, -0.05) is 174 Å². The monoisotopic (exact) mass is 671 g/mol. The zero-order valence-electron chi connectivity index (χ0n) is 28.8. The number of fused-ring (bicyclic) bond motifs is 9. The lowest BCUT2D eigenvalue weighted by Crippen LogP contribution is -2.77. The minimum atomic E-state index is -3.73. The summed E-state index contributed by atoms with van der Waals surface area (Å²) in [6.45, 7) is 0. The summed E-state index contributed by atoms with van der Waals surface area (Å²) < 4.78 is 39.7. The van der Waals surface area contributed by atoms with Crippen LogP contribution >= 0.6 is 15.9 Å². The largest absolute Gasteiger partial charge is 0.356 e. The maximum atomic E-state index is 9.71. The van der Waals surface area contributed by atoms with Crippen LogP contribution in [0.15, 0.2) is 186 Å². The van der Waals surface area contributed by atoms with Gasteiger partial charge in [0.1, 0.15) is 0 Å². The van der Waals surface area contributed by atoms with Crippen molar-refractivity contribution < 1.29 is 5.48 Å². The van der Waals surface area contributed by atoms with Crippen LogP contribution in [-0.4, -0.2) is 8.24 Å². The third-order valence-electron chi connectivity index (χ3n) is 9.73. The average Bonchev–Trinajstić information content (AvgIpc) is 3.47. The van der Waals surface area contributed by atoms with Gasteiger partial charge in [0.2, 0.25) is 0 Å². The standard InChI is InChI=1S/C43H30BrNSi/c44-31-16-15-21-34(30-31)46(32-17-3-1-4-18-32,33-19-5-2-6-20-33)45-41-28-13-11-26-39(41)43(40-27-12-14-29-42(40)45)37-24-9-7-22-35(37)36-23-8-10-25-38(36)43/h1-30H/i15D,16D,21D,30D. The van der Waals surface area contributed by atoms with E-state index in [1.807, 2.05) is 36.4 Å². The van der Waals surface area contributed by atoms with Crippen LogP contribution in [-0.2, 0) is 5.41 Å². The van der Waals surface area contributed by atoms with Crippen LogP contribution in [0.1, 0.15) is 27.7 Å². The molecule has 0 fully saturated rings. The van der Waals surface area contributed by atoms with E-state index >= 15 is 0 Å². The second kappa shape index (κ2) is 10.6. The quantitative estimate of drug-likeness (QED) is 0.133. The Balaban J connectivity index is 1.52. The molecule has 218 valence electrons. The number of hydrogen-bond donors (Lipinski definition) is 0. The highest BCUT2D eigenvalue weighted by Crippen LogP contribution is 2.62. The Bertz CT molecular complexity index is 2310. The number of hydrogen-bond acceptors (Lipinski definition) is 1. The van der Waals surface area contributed by atoms with Crippen LogP contribution < -0.4 is 20.1 Å². The molecule has 7 aromatic carbocycles. The number of para-hydroxylation sites is 2. The number of halogens is 1. The summed E-state index contributed by atoms with van der Waals surface area (Å²) in [6, 6.07) is 54.9.